The molecule has 1 amide bonds. The van der Waals surface area contributed by atoms with Gasteiger partial charge < -0.3 is 10.1 Å². The number of nitrogens with zero attached hydrogens (tertiary/aromatic N) is 1. The summed E-state index contributed by atoms with van der Waals surface area (Å²) in [6.45, 7) is 3.91. The Labute approximate surface area is 151 Å². The van der Waals surface area contributed by atoms with Crippen LogP contribution in [0.1, 0.15) is 17.2 Å². The lowest BCUT2D eigenvalue weighted by molar-refractivity contribution is -0.120. The molecule has 1 fully saturated rings. The van der Waals surface area contributed by atoms with Gasteiger partial charge in [0.15, 0.2) is 0 Å². The molecule has 1 aromatic carbocycles. The summed E-state index contributed by atoms with van der Waals surface area (Å²) in [6.07, 6.45) is 0.372. The first-order valence-electron chi connectivity index (χ1n) is 8.07. The van der Waals surface area contributed by atoms with Gasteiger partial charge in [-0.25, -0.2) is 0 Å². The van der Waals surface area contributed by atoms with Gasteiger partial charge in [-0.05, 0) is 40.1 Å². The molecule has 0 unspecified atom stereocenters. The Kier molecular flexibility index (Phi) is 6.26. The van der Waals surface area contributed by atoms with Crippen LogP contribution in [0.3, 0.4) is 0 Å². The molecule has 128 valence electrons. The van der Waals surface area contributed by atoms with Gasteiger partial charge in [-0.3, -0.25) is 9.69 Å². The SMILES string of the molecule is O=C(Cc1ccc(Cl)cc1)NC[C@H](c1ccsc1)N1CCOCC1. The van der Waals surface area contributed by atoms with E-state index in [1.807, 2.05) is 24.3 Å². The second kappa shape index (κ2) is 8.62. The molecule has 1 saturated heterocycles. The first kappa shape index (κ1) is 17.4. The highest BCUT2D eigenvalue weighted by molar-refractivity contribution is 7.07. The molecule has 1 aliphatic heterocycles. The number of benzene rings is 1. The topological polar surface area (TPSA) is 41.6 Å². The smallest absolute Gasteiger partial charge is 0.224 e. The summed E-state index contributed by atoms with van der Waals surface area (Å²) < 4.78 is 5.44. The zero-order valence-corrected chi connectivity index (χ0v) is 15.0. The van der Waals surface area contributed by atoms with E-state index in [1.54, 1.807) is 11.3 Å². The van der Waals surface area contributed by atoms with Crippen LogP contribution < -0.4 is 5.32 Å². The summed E-state index contributed by atoms with van der Waals surface area (Å²) in [6, 6.07) is 9.74. The molecule has 1 aromatic heterocycles. The number of carbonyl (C=O) groups is 1. The predicted octanol–water partition coefficient (Wildman–Crippen LogP) is 3.13. The van der Waals surface area contributed by atoms with E-state index < -0.39 is 0 Å². The van der Waals surface area contributed by atoms with Crippen molar-refractivity contribution in [3.63, 3.8) is 0 Å². The first-order valence-corrected chi connectivity index (χ1v) is 9.39. The quantitative estimate of drug-likeness (QED) is 0.856. The van der Waals surface area contributed by atoms with Gasteiger partial charge in [-0.2, -0.15) is 11.3 Å². The van der Waals surface area contributed by atoms with E-state index in [1.165, 1.54) is 5.56 Å². The summed E-state index contributed by atoms with van der Waals surface area (Å²) in [4.78, 5) is 14.7. The van der Waals surface area contributed by atoms with Gasteiger partial charge in [0, 0.05) is 24.7 Å². The van der Waals surface area contributed by atoms with Crippen molar-refractivity contribution in [1.82, 2.24) is 10.2 Å². The van der Waals surface area contributed by atoms with Gasteiger partial charge in [0.05, 0.1) is 25.7 Å². The largest absolute Gasteiger partial charge is 0.379 e. The highest BCUT2D eigenvalue weighted by Gasteiger charge is 2.23. The van der Waals surface area contributed by atoms with Gasteiger partial charge in [0.1, 0.15) is 0 Å². The lowest BCUT2D eigenvalue weighted by Gasteiger charge is -2.34. The van der Waals surface area contributed by atoms with Crippen molar-refractivity contribution >= 4 is 28.8 Å². The van der Waals surface area contributed by atoms with Crippen molar-refractivity contribution < 1.29 is 9.53 Å². The second-order valence-electron chi connectivity index (χ2n) is 5.83. The minimum atomic E-state index is 0.0332. The molecular weight excluding hydrogens is 344 g/mol. The number of nitrogens with one attached hydrogen (secondary N) is 1. The molecule has 1 N–H and O–H groups in total. The number of hydrogen-bond donors (Lipinski definition) is 1. The van der Waals surface area contributed by atoms with Crippen LogP contribution in [-0.4, -0.2) is 43.7 Å². The fourth-order valence-corrected chi connectivity index (χ4v) is 3.71. The van der Waals surface area contributed by atoms with Gasteiger partial charge in [-0.1, -0.05) is 23.7 Å². The maximum Gasteiger partial charge on any atom is 0.224 e. The van der Waals surface area contributed by atoms with Crippen molar-refractivity contribution in [3.8, 4) is 0 Å². The maximum atomic E-state index is 12.3. The number of carbonyl (C=O) groups excluding carboxylic acids is 1. The summed E-state index contributed by atoms with van der Waals surface area (Å²) in [5.41, 5.74) is 2.23. The van der Waals surface area contributed by atoms with Gasteiger partial charge in [0.25, 0.3) is 0 Å². The molecule has 0 bridgehead atoms. The van der Waals surface area contributed by atoms with Gasteiger partial charge in [0.2, 0.25) is 5.91 Å². The number of thiophene rings is 1. The van der Waals surface area contributed by atoms with E-state index in [-0.39, 0.29) is 11.9 Å². The van der Waals surface area contributed by atoms with Crippen LogP contribution in [0.25, 0.3) is 0 Å². The summed E-state index contributed by atoms with van der Waals surface area (Å²) in [5, 5.41) is 8.01. The van der Waals surface area contributed by atoms with Crippen molar-refractivity contribution in [3.05, 3.63) is 57.2 Å². The van der Waals surface area contributed by atoms with E-state index in [4.69, 9.17) is 16.3 Å². The Bertz CT molecular complexity index is 640. The van der Waals surface area contributed by atoms with Crippen molar-refractivity contribution in [1.29, 1.82) is 0 Å². The van der Waals surface area contributed by atoms with E-state index in [0.717, 1.165) is 31.9 Å². The Morgan fingerprint density at radius 3 is 2.67 bits per heavy atom. The van der Waals surface area contributed by atoms with Crippen LogP contribution >= 0.6 is 22.9 Å². The molecule has 4 nitrogen and oxygen atoms in total. The van der Waals surface area contributed by atoms with Crippen LogP contribution in [-0.2, 0) is 16.0 Å². The number of ether oxygens (including phenoxy) is 1. The molecule has 0 radical (unpaired) electrons. The molecule has 6 heteroatoms. The third kappa shape index (κ3) is 4.80. The molecule has 0 spiro atoms. The standard InChI is InChI=1S/C18H21ClN2O2S/c19-16-3-1-14(2-4-16)11-18(22)20-12-17(15-5-10-24-13-15)21-6-8-23-9-7-21/h1-5,10,13,17H,6-9,11-12H2,(H,20,22)/t17-/m1/s1. The highest BCUT2D eigenvalue weighted by Crippen LogP contribution is 2.23. The molecule has 2 heterocycles. The molecule has 24 heavy (non-hydrogen) atoms. The van der Waals surface area contributed by atoms with E-state index in [2.05, 4.69) is 27.0 Å². The number of hydrogen-bond acceptors (Lipinski definition) is 4. The fraction of sp³-hybridized carbons (Fsp3) is 0.389. The second-order valence-corrected chi connectivity index (χ2v) is 7.04. The number of morpholine rings is 1. The monoisotopic (exact) mass is 364 g/mol. The minimum absolute atomic E-state index is 0.0332. The van der Waals surface area contributed by atoms with Gasteiger partial charge in [-0.15, -0.1) is 0 Å². The number of amides is 1. The van der Waals surface area contributed by atoms with Crippen molar-refractivity contribution in [2.45, 2.75) is 12.5 Å². The summed E-state index contributed by atoms with van der Waals surface area (Å²) in [7, 11) is 0. The number of halogens is 1. The summed E-state index contributed by atoms with van der Waals surface area (Å²) >= 11 is 7.57. The highest BCUT2D eigenvalue weighted by atomic mass is 35.5. The van der Waals surface area contributed by atoms with Crippen molar-refractivity contribution in [2.75, 3.05) is 32.8 Å². The third-order valence-corrected chi connectivity index (χ3v) is 5.14. The van der Waals surface area contributed by atoms with Crippen LogP contribution in [0.15, 0.2) is 41.1 Å². The molecule has 0 aliphatic carbocycles. The zero-order valence-electron chi connectivity index (χ0n) is 13.4. The Morgan fingerprint density at radius 2 is 2.00 bits per heavy atom. The van der Waals surface area contributed by atoms with Crippen LogP contribution in [0.4, 0.5) is 0 Å². The molecular formula is C18H21ClN2O2S. The lowest BCUT2D eigenvalue weighted by atomic mass is 10.1. The molecule has 1 aliphatic rings. The normalized spacial score (nSPS) is 16.7. The minimum Gasteiger partial charge on any atom is -0.379 e. The van der Waals surface area contributed by atoms with Crippen LogP contribution in [0.2, 0.25) is 5.02 Å². The van der Waals surface area contributed by atoms with E-state index in [0.29, 0.717) is 18.0 Å². The zero-order chi connectivity index (χ0) is 16.8. The van der Waals surface area contributed by atoms with Crippen LogP contribution in [0, 0.1) is 0 Å². The van der Waals surface area contributed by atoms with Crippen LogP contribution in [0.5, 0.6) is 0 Å². The Balaban J connectivity index is 1.58. The molecule has 0 saturated carbocycles. The Morgan fingerprint density at radius 1 is 1.25 bits per heavy atom. The maximum absolute atomic E-state index is 12.3. The lowest BCUT2D eigenvalue weighted by Crippen LogP contribution is -2.43. The van der Waals surface area contributed by atoms with Gasteiger partial charge >= 0.3 is 0 Å². The predicted molar refractivity (Wildman–Crippen MR) is 97.6 cm³/mol. The fourth-order valence-electron chi connectivity index (χ4n) is 2.87. The first-order chi connectivity index (χ1) is 11.7. The van der Waals surface area contributed by atoms with E-state index >= 15 is 0 Å². The third-order valence-electron chi connectivity index (χ3n) is 4.18. The summed E-state index contributed by atoms with van der Waals surface area (Å²) in [5.74, 6) is 0.0332. The molecule has 2 aromatic rings. The Hall–Kier alpha value is -1.40. The number of rotatable bonds is 6. The van der Waals surface area contributed by atoms with Crippen molar-refractivity contribution in [2.24, 2.45) is 0 Å². The molecule has 1 atom stereocenters. The average molecular weight is 365 g/mol. The average Bonchev–Trinajstić information content (AvgIpc) is 3.12. The van der Waals surface area contributed by atoms with E-state index in [9.17, 15) is 4.79 Å². The molecule has 3 rings (SSSR count).